The van der Waals surface area contributed by atoms with Gasteiger partial charge in [0, 0.05) is 65.8 Å². The SMILES string of the molecule is CC(C)(C)c1ccc2c3ccc(C(C)(C)C)cc3n(-c3cc(-n4c5cc(C(C)(C)C)ccc5c5ccc(C(C)(C)C)cc54)cc(C4(c5cc(-n6c7cc(C(C)(C)C)ccc7c7ccc(C(C)(C)C)cc76)cc(-n6c7cc(C(C)(C)C)ccc7c7ccc(C(C)(C)C)cc76)c5)c5ccccc5-c5ccccc54)c3)c2c1. The molecule has 0 fully saturated rings. The van der Waals surface area contributed by atoms with Gasteiger partial charge in [-0.15, -0.1) is 0 Å². The second-order valence-corrected chi connectivity index (χ2v) is 40.5. The highest BCUT2D eigenvalue weighted by Crippen LogP contribution is 2.58. The van der Waals surface area contributed by atoms with Crippen molar-refractivity contribution < 1.29 is 0 Å². The molecule has 4 heteroatoms. The summed E-state index contributed by atoms with van der Waals surface area (Å²) in [7, 11) is 0. The maximum absolute atomic E-state index is 2.66. The van der Waals surface area contributed by atoms with Gasteiger partial charge in [0.2, 0.25) is 0 Å². The minimum absolute atomic E-state index is 0.125. The summed E-state index contributed by atoms with van der Waals surface area (Å²) in [4.78, 5) is 0. The van der Waals surface area contributed by atoms with Gasteiger partial charge in [0.15, 0.2) is 0 Å². The second kappa shape index (κ2) is 23.9. The van der Waals surface area contributed by atoms with Crippen molar-refractivity contribution in [3.8, 4) is 33.9 Å². The summed E-state index contributed by atoms with van der Waals surface area (Å²) in [6.07, 6.45) is 0. The monoisotopic (exact) mass is 1430 g/mol. The van der Waals surface area contributed by atoms with Crippen LogP contribution >= 0.6 is 0 Å². The molecule has 1 aliphatic rings. The molecule has 0 saturated carbocycles. The molecule has 0 saturated heterocycles. The summed E-state index contributed by atoms with van der Waals surface area (Å²) in [6, 6.07) is 93.0. The lowest BCUT2D eigenvalue weighted by Gasteiger charge is -2.36. The zero-order valence-electron chi connectivity index (χ0n) is 69.2. The Labute approximate surface area is 647 Å². The highest BCUT2D eigenvalue weighted by atomic mass is 15.0. The summed E-state index contributed by atoms with van der Waals surface area (Å²) < 4.78 is 10.6. The van der Waals surface area contributed by atoms with E-state index in [2.05, 4.69) is 415 Å². The van der Waals surface area contributed by atoms with Crippen molar-refractivity contribution in [2.24, 2.45) is 0 Å². The number of benzene rings is 12. The summed E-state index contributed by atoms with van der Waals surface area (Å²) in [5.74, 6) is 0. The van der Waals surface area contributed by atoms with Crippen molar-refractivity contribution in [3.63, 3.8) is 0 Å². The fourth-order valence-electron chi connectivity index (χ4n) is 18.1. The van der Waals surface area contributed by atoms with E-state index in [-0.39, 0.29) is 43.3 Å². The minimum Gasteiger partial charge on any atom is -0.309 e. The van der Waals surface area contributed by atoms with Crippen LogP contribution in [0, 0.1) is 0 Å². The largest absolute Gasteiger partial charge is 0.309 e. The van der Waals surface area contributed by atoms with Crippen LogP contribution in [-0.4, -0.2) is 18.3 Å². The molecular weight excluding hydrogens is 1320 g/mol. The quantitative estimate of drug-likeness (QED) is 0.158. The third kappa shape index (κ3) is 11.5. The lowest BCUT2D eigenvalue weighted by Crippen LogP contribution is -2.29. The second-order valence-electron chi connectivity index (χ2n) is 40.5. The van der Waals surface area contributed by atoms with Gasteiger partial charge in [-0.1, -0.05) is 312 Å². The van der Waals surface area contributed by atoms with Gasteiger partial charge in [0.25, 0.3) is 0 Å². The van der Waals surface area contributed by atoms with E-state index in [9.17, 15) is 0 Å². The van der Waals surface area contributed by atoms with Gasteiger partial charge in [-0.3, -0.25) is 0 Å². The number of aromatic nitrogens is 4. The summed E-state index contributed by atoms with van der Waals surface area (Å²) in [5.41, 5.74) is 29.7. The molecule has 0 spiro atoms. The molecule has 4 nitrogen and oxygen atoms in total. The molecule has 0 N–H and O–H groups in total. The van der Waals surface area contributed by atoms with Crippen molar-refractivity contribution in [2.45, 2.75) is 215 Å². The first-order chi connectivity index (χ1) is 51.1. The Morgan fingerprint density at radius 1 is 0.183 bits per heavy atom. The molecule has 550 valence electrons. The van der Waals surface area contributed by atoms with Crippen molar-refractivity contribution in [1.82, 2.24) is 18.3 Å². The van der Waals surface area contributed by atoms with Gasteiger partial charge in [0.1, 0.15) is 0 Å². The lowest BCUT2D eigenvalue weighted by molar-refractivity contribution is 0.590. The van der Waals surface area contributed by atoms with Crippen LogP contribution in [0.4, 0.5) is 0 Å². The number of nitrogens with zero attached hydrogens (tertiary/aromatic N) is 4. The molecule has 0 radical (unpaired) electrons. The van der Waals surface area contributed by atoms with Gasteiger partial charge in [0.05, 0.1) is 49.5 Å². The van der Waals surface area contributed by atoms with Crippen LogP contribution in [0.3, 0.4) is 0 Å². The molecule has 0 aliphatic heterocycles. The third-order valence-electron chi connectivity index (χ3n) is 24.7. The van der Waals surface area contributed by atoms with E-state index in [1.165, 1.54) is 165 Å². The molecule has 0 amide bonds. The smallest absolute Gasteiger partial charge is 0.0716 e. The van der Waals surface area contributed by atoms with E-state index in [0.717, 1.165) is 22.7 Å². The summed E-state index contributed by atoms with van der Waals surface area (Å²) in [6.45, 7) is 56.6. The standard InChI is InChI=1S/C105H110N4/c1-97(2,3)63-33-41-79-80-42-34-64(98(4,5)6)54-90(80)106(89(79)53-63)73-49-71(50-74(61-73)107-91-55-65(99(7,8)9)35-43-81(91)82-44-36-66(56-92(82)107)100(10,11)12)105(87-31-27-25-29-77(87)78-30-26-28-32-88(78)105)72-51-75(108-93-57-67(101(13,14)15)37-45-83(93)84-46-38-68(58-94(84)108)102(16,17)18)62-76(52-72)109-95-59-69(103(19,20)21)39-47-85(95)86-48-40-70(60-96(86)109)104(22,23)24/h25-62H,1-24H3. The Bertz CT molecular complexity index is 5460. The average Bonchev–Trinajstić information content (AvgIpc) is 1.50. The van der Waals surface area contributed by atoms with Crippen LogP contribution in [0.25, 0.3) is 121 Å². The maximum Gasteiger partial charge on any atom is 0.0716 e. The van der Waals surface area contributed by atoms with Crippen LogP contribution in [-0.2, 0) is 48.7 Å². The van der Waals surface area contributed by atoms with Crippen LogP contribution in [0.5, 0.6) is 0 Å². The van der Waals surface area contributed by atoms with Gasteiger partial charge in [-0.05, 0) is 206 Å². The molecule has 109 heavy (non-hydrogen) atoms. The van der Waals surface area contributed by atoms with Crippen LogP contribution < -0.4 is 0 Å². The van der Waals surface area contributed by atoms with E-state index in [1.807, 2.05) is 0 Å². The zero-order chi connectivity index (χ0) is 77.3. The average molecular weight is 1430 g/mol. The minimum atomic E-state index is -0.974. The number of fused-ring (bicyclic) bond motifs is 15. The number of hydrogen-bond acceptors (Lipinski definition) is 0. The first-order valence-corrected chi connectivity index (χ1v) is 40.0. The highest BCUT2D eigenvalue weighted by molar-refractivity contribution is 6.14. The summed E-state index contributed by atoms with van der Waals surface area (Å²) in [5, 5.41) is 9.94. The van der Waals surface area contributed by atoms with Crippen molar-refractivity contribution >= 4 is 87.2 Å². The molecule has 0 unspecified atom stereocenters. The van der Waals surface area contributed by atoms with Crippen molar-refractivity contribution in [2.75, 3.05) is 0 Å². The van der Waals surface area contributed by atoms with Crippen LogP contribution in [0.2, 0.25) is 0 Å². The van der Waals surface area contributed by atoms with Crippen molar-refractivity contribution in [3.05, 3.63) is 297 Å². The Kier molecular flexibility index (Phi) is 15.7. The molecule has 16 aromatic rings. The van der Waals surface area contributed by atoms with Gasteiger partial charge in [-0.2, -0.15) is 0 Å². The van der Waals surface area contributed by atoms with Crippen LogP contribution in [0.1, 0.15) is 233 Å². The van der Waals surface area contributed by atoms with E-state index in [4.69, 9.17) is 0 Å². The normalized spacial score (nSPS) is 14.1. The molecule has 17 rings (SSSR count). The summed E-state index contributed by atoms with van der Waals surface area (Å²) >= 11 is 0. The van der Waals surface area contributed by atoms with E-state index < -0.39 is 5.41 Å². The number of rotatable bonds is 6. The molecule has 4 heterocycles. The Morgan fingerprint density at radius 3 is 0.514 bits per heavy atom. The Balaban J connectivity index is 1.12. The fraction of sp³-hybridized carbons (Fsp3) is 0.314. The topological polar surface area (TPSA) is 19.7 Å². The molecule has 0 bridgehead atoms. The van der Waals surface area contributed by atoms with E-state index in [0.29, 0.717) is 0 Å². The molecule has 12 aromatic carbocycles. The zero-order valence-corrected chi connectivity index (χ0v) is 69.2. The first-order valence-electron chi connectivity index (χ1n) is 40.0. The Morgan fingerprint density at radius 2 is 0.349 bits per heavy atom. The first kappa shape index (κ1) is 71.7. The third-order valence-corrected chi connectivity index (χ3v) is 24.7. The van der Waals surface area contributed by atoms with Gasteiger partial charge >= 0.3 is 0 Å². The highest BCUT2D eigenvalue weighted by Gasteiger charge is 2.48. The molecular formula is C105H110N4. The predicted octanol–water partition coefficient (Wildman–Crippen LogP) is 28.8. The van der Waals surface area contributed by atoms with Gasteiger partial charge < -0.3 is 18.3 Å². The van der Waals surface area contributed by atoms with E-state index in [1.54, 1.807) is 0 Å². The molecule has 0 atom stereocenters. The maximum atomic E-state index is 2.66. The molecule has 1 aliphatic carbocycles. The predicted molar refractivity (Wildman–Crippen MR) is 471 cm³/mol. The lowest BCUT2D eigenvalue weighted by atomic mass is 9.67. The van der Waals surface area contributed by atoms with Gasteiger partial charge in [-0.25, -0.2) is 0 Å². The van der Waals surface area contributed by atoms with E-state index >= 15 is 0 Å². The number of hydrogen-bond donors (Lipinski definition) is 0. The fourth-order valence-corrected chi connectivity index (χ4v) is 18.1. The van der Waals surface area contributed by atoms with Crippen molar-refractivity contribution in [1.29, 1.82) is 0 Å². The van der Waals surface area contributed by atoms with Crippen LogP contribution in [0.15, 0.2) is 231 Å². The Hall–Kier alpha value is -10.2. The molecule has 4 aromatic heterocycles.